The van der Waals surface area contributed by atoms with E-state index in [9.17, 15) is 33.6 Å². The van der Waals surface area contributed by atoms with Gasteiger partial charge in [-0.25, -0.2) is 4.79 Å². The molecule has 2 atom stereocenters. The van der Waals surface area contributed by atoms with E-state index in [1.54, 1.807) is 20.8 Å². The fourth-order valence-corrected chi connectivity index (χ4v) is 7.33. The molecule has 0 saturated heterocycles. The van der Waals surface area contributed by atoms with Gasteiger partial charge in [0, 0.05) is 52.1 Å². The first-order chi connectivity index (χ1) is 38.1. The van der Waals surface area contributed by atoms with Gasteiger partial charge in [-0.1, -0.05) is 73.5 Å². The molecule has 3 amide bonds. The number of nitrogens with two attached hydrogens (primary N) is 2. The summed E-state index contributed by atoms with van der Waals surface area (Å²) in [6.07, 6.45) is 4.69. The van der Waals surface area contributed by atoms with Crippen LogP contribution in [0.4, 0.5) is 4.79 Å². The van der Waals surface area contributed by atoms with Crippen LogP contribution in [0.25, 0.3) is 0 Å². The number of carbonyl (C=O) groups is 7. The van der Waals surface area contributed by atoms with Crippen molar-refractivity contribution in [2.45, 2.75) is 117 Å². The molecule has 0 aliphatic rings. The van der Waals surface area contributed by atoms with Crippen molar-refractivity contribution in [2.75, 3.05) is 119 Å². The Labute approximate surface area is 468 Å². The number of amides is 3. The van der Waals surface area contributed by atoms with E-state index in [0.29, 0.717) is 92.1 Å². The van der Waals surface area contributed by atoms with Crippen LogP contribution < -0.4 is 27.4 Å². The quantitative estimate of drug-likeness (QED) is 0.0339. The summed E-state index contributed by atoms with van der Waals surface area (Å²) >= 11 is 0. The highest BCUT2D eigenvalue weighted by atomic mass is 16.6. The fourth-order valence-electron chi connectivity index (χ4n) is 7.33. The zero-order valence-corrected chi connectivity index (χ0v) is 47.8. The Morgan fingerprint density at radius 1 is 0.506 bits per heavy atom. The summed E-state index contributed by atoms with van der Waals surface area (Å²) in [7, 11) is 2.50. The van der Waals surface area contributed by atoms with Crippen LogP contribution in [0.3, 0.4) is 0 Å². The van der Waals surface area contributed by atoms with Gasteiger partial charge in [-0.2, -0.15) is 0 Å². The Kier molecular flexibility index (Phi) is 42.5. The molecule has 0 spiro atoms. The van der Waals surface area contributed by atoms with Crippen LogP contribution in [0, 0.1) is 11.8 Å². The van der Waals surface area contributed by atoms with E-state index in [4.69, 9.17) is 54.1 Å². The number of rotatable bonds is 44. The van der Waals surface area contributed by atoms with Crippen LogP contribution in [0.2, 0.25) is 0 Å². The molecule has 7 N–H and O–H groups in total. The van der Waals surface area contributed by atoms with Gasteiger partial charge in [-0.3, -0.25) is 28.8 Å². The van der Waals surface area contributed by atoms with Gasteiger partial charge in [0.2, 0.25) is 11.8 Å². The maximum Gasteiger partial charge on any atom is 0.407 e. The van der Waals surface area contributed by atoms with E-state index in [1.165, 1.54) is 14.2 Å². The lowest BCUT2D eigenvalue weighted by molar-refractivity contribution is -0.154. The number of carbonyl (C=O) groups excluding carboxylic acids is 7. The number of benzene rings is 2. The Balaban J connectivity index is 0.00000282. The Morgan fingerprint density at radius 3 is 1.33 bits per heavy atom. The molecule has 2 aromatic carbocycles. The summed E-state index contributed by atoms with van der Waals surface area (Å²) in [6, 6.07) is 18.5. The second kappa shape index (κ2) is 47.1. The van der Waals surface area contributed by atoms with Crippen LogP contribution in [-0.2, 0) is 84.6 Å². The normalized spacial score (nSPS) is 11.8. The van der Waals surface area contributed by atoms with Crippen molar-refractivity contribution in [2.24, 2.45) is 23.3 Å². The molecule has 0 saturated carbocycles. The Hall–Kier alpha value is -5.75. The van der Waals surface area contributed by atoms with Gasteiger partial charge >= 0.3 is 30.0 Å². The standard InChI is InChI=1S/C51H78N4O14.C6H16N2O2/c1-51(2,3)69-50(62)54-28-32-65-34-35-66-33-31-55(29-16-8-14-26-52-44(56)24-22-42(48(60)63-4)36-46(58)67-38-40-18-10-6-11-19-40)30-17-9-15-27-53-45(57)25-23-43(49(61)64-5)37-47(59)68-39-41-20-12-7-13-21-41;7-1-3-9-5-6-10-4-2-8/h6-7,10-13,18-21,42-43H,8-9,14-17,22-39H2,1-5H3,(H,52,56)(H,53,57)(H,54,62);1-8H2/t42-,43-;/m1./s1. The molecule has 79 heavy (non-hydrogen) atoms. The van der Waals surface area contributed by atoms with Gasteiger partial charge in [0.1, 0.15) is 18.8 Å². The van der Waals surface area contributed by atoms with Gasteiger partial charge in [-0.05, 0) is 83.5 Å². The zero-order chi connectivity index (χ0) is 58.2. The first-order valence-electron chi connectivity index (χ1n) is 27.6. The minimum absolute atomic E-state index is 0.0704. The lowest BCUT2D eigenvalue weighted by atomic mass is 9.99. The van der Waals surface area contributed by atoms with Crippen molar-refractivity contribution < 1.29 is 76.2 Å². The molecule has 0 bridgehead atoms. The van der Waals surface area contributed by atoms with Gasteiger partial charge < -0.3 is 74.9 Å². The van der Waals surface area contributed by atoms with Crippen molar-refractivity contribution in [1.82, 2.24) is 20.9 Å². The van der Waals surface area contributed by atoms with Crippen molar-refractivity contribution in [1.29, 1.82) is 0 Å². The monoisotopic (exact) mass is 1120 g/mol. The molecule has 0 unspecified atom stereocenters. The highest BCUT2D eigenvalue weighted by Crippen LogP contribution is 2.17. The second-order valence-corrected chi connectivity index (χ2v) is 19.3. The smallest absolute Gasteiger partial charge is 0.407 e. The highest BCUT2D eigenvalue weighted by Gasteiger charge is 2.26. The number of hydrogen-bond acceptors (Lipinski definition) is 19. The molecule has 0 heterocycles. The van der Waals surface area contributed by atoms with Crippen molar-refractivity contribution >= 4 is 41.8 Å². The molecule has 0 aromatic heterocycles. The van der Waals surface area contributed by atoms with Gasteiger partial charge in [0.25, 0.3) is 0 Å². The minimum Gasteiger partial charge on any atom is -0.469 e. The number of nitrogens with zero attached hydrogens (tertiary/aromatic N) is 1. The number of unbranched alkanes of at least 4 members (excludes halogenated alkanes) is 4. The predicted molar refractivity (Wildman–Crippen MR) is 297 cm³/mol. The molecule has 2 rings (SSSR count). The molecule has 0 aliphatic heterocycles. The SMILES string of the molecule is COC(=O)[C@H](CCC(=O)NCCCCCN(CCCCCNC(=O)CC[C@H](CC(=O)OCc1ccccc1)C(=O)OC)CCOCCOCCNC(=O)OC(C)(C)C)CC(=O)OCc1ccccc1.NCCOCCOCCN. The lowest BCUT2D eigenvalue weighted by Gasteiger charge is -2.22. The molecule has 2 aromatic rings. The molecular formula is C57H94N6O16. The number of alkyl carbamates (subject to hydrolysis) is 1. The van der Waals surface area contributed by atoms with E-state index in [0.717, 1.165) is 62.7 Å². The topological polar surface area (TPSA) is 294 Å². The van der Waals surface area contributed by atoms with Crippen molar-refractivity contribution in [3.05, 3.63) is 71.8 Å². The summed E-state index contributed by atoms with van der Waals surface area (Å²) in [5, 5.41) is 8.48. The average molecular weight is 1120 g/mol. The van der Waals surface area contributed by atoms with E-state index in [1.807, 2.05) is 60.7 Å². The summed E-state index contributed by atoms with van der Waals surface area (Å²) in [4.78, 5) is 89.0. The van der Waals surface area contributed by atoms with E-state index < -0.39 is 47.4 Å². The van der Waals surface area contributed by atoms with Crippen LogP contribution in [0.1, 0.15) is 109 Å². The number of hydrogen-bond donors (Lipinski definition) is 5. The number of esters is 4. The Morgan fingerprint density at radius 2 is 0.924 bits per heavy atom. The molecule has 448 valence electrons. The summed E-state index contributed by atoms with van der Waals surface area (Å²) < 4.78 is 47.1. The van der Waals surface area contributed by atoms with E-state index in [2.05, 4.69) is 20.9 Å². The zero-order valence-electron chi connectivity index (χ0n) is 47.8. The molecule has 0 radical (unpaired) electrons. The van der Waals surface area contributed by atoms with Gasteiger partial charge in [-0.15, -0.1) is 0 Å². The van der Waals surface area contributed by atoms with E-state index >= 15 is 0 Å². The summed E-state index contributed by atoms with van der Waals surface area (Å²) in [6.45, 7) is 14.4. The van der Waals surface area contributed by atoms with Crippen molar-refractivity contribution in [3.8, 4) is 0 Å². The molecular weight excluding hydrogens is 1020 g/mol. The van der Waals surface area contributed by atoms with Crippen LogP contribution in [-0.4, -0.2) is 172 Å². The summed E-state index contributed by atoms with van der Waals surface area (Å²) in [5.41, 5.74) is 11.5. The van der Waals surface area contributed by atoms with Crippen LogP contribution in [0.15, 0.2) is 60.7 Å². The third-order valence-corrected chi connectivity index (χ3v) is 11.5. The number of methoxy groups -OCH3 is 2. The molecule has 0 fully saturated rings. The first kappa shape index (κ1) is 71.3. The van der Waals surface area contributed by atoms with E-state index in [-0.39, 0.29) is 63.6 Å². The average Bonchev–Trinajstić information content (AvgIpc) is 3.43. The van der Waals surface area contributed by atoms with Gasteiger partial charge in [0.15, 0.2) is 0 Å². The highest BCUT2D eigenvalue weighted by molar-refractivity contribution is 5.82. The predicted octanol–water partition coefficient (Wildman–Crippen LogP) is 4.76. The first-order valence-corrected chi connectivity index (χ1v) is 27.6. The number of nitrogens with one attached hydrogen (secondary N) is 3. The van der Waals surface area contributed by atoms with Crippen LogP contribution >= 0.6 is 0 Å². The second-order valence-electron chi connectivity index (χ2n) is 19.3. The molecule has 0 aliphatic carbocycles. The lowest BCUT2D eigenvalue weighted by Crippen LogP contribution is -2.34. The fraction of sp³-hybridized carbons (Fsp3) is 0.667. The maximum absolute atomic E-state index is 12.6. The third kappa shape index (κ3) is 41.9. The summed E-state index contributed by atoms with van der Waals surface area (Å²) in [5.74, 6) is -4.17. The largest absolute Gasteiger partial charge is 0.469 e. The molecule has 22 heteroatoms. The Bertz CT molecular complexity index is 1810. The molecule has 22 nitrogen and oxygen atoms in total. The van der Waals surface area contributed by atoms with Crippen molar-refractivity contribution in [3.63, 3.8) is 0 Å². The minimum atomic E-state index is -0.785. The number of ether oxygens (including phenoxy) is 9. The van der Waals surface area contributed by atoms with Gasteiger partial charge in [0.05, 0.1) is 91.8 Å². The third-order valence-electron chi connectivity index (χ3n) is 11.5. The maximum atomic E-state index is 12.6. The van der Waals surface area contributed by atoms with Crippen LogP contribution in [0.5, 0.6) is 0 Å².